The van der Waals surface area contributed by atoms with E-state index in [2.05, 4.69) is 0 Å². The van der Waals surface area contributed by atoms with Gasteiger partial charge in [0.05, 0.1) is 13.0 Å². The van der Waals surface area contributed by atoms with E-state index >= 15 is 0 Å². The minimum absolute atomic E-state index is 0.0450. The lowest BCUT2D eigenvalue weighted by Gasteiger charge is -2.13. The summed E-state index contributed by atoms with van der Waals surface area (Å²) in [5.74, 6) is -0.952. The smallest absolute Gasteiger partial charge is 0.303 e. The number of methoxy groups -OCH3 is 1. The lowest BCUT2D eigenvalue weighted by Crippen LogP contribution is -2.16. The SMILES string of the molecule is COCCC(COCO)CC(=O)O. The maximum absolute atomic E-state index is 10.4. The summed E-state index contributed by atoms with van der Waals surface area (Å²) < 4.78 is 9.55. The van der Waals surface area contributed by atoms with E-state index in [4.69, 9.17) is 19.7 Å². The molecule has 0 bridgehead atoms. The lowest BCUT2D eigenvalue weighted by atomic mass is 10.0. The van der Waals surface area contributed by atoms with Crippen LogP contribution in [0.3, 0.4) is 0 Å². The van der Waals surface area contributed by atoms with E-state index in [1.54, 1.807) is 7.11 Å². The molecule has 5 heteroatoms. The Morgan fingerprint density at radius 1 is 1.54 bits per heavy atom. The fourth-order valence-electron chi connectivity index (χ4n) is 0.995. The van der Waals surface area contributed by atoms with Crippen LogP contribution in [0.1, 0.15) is 12.8 Å². The molecule has 0 aromatic rings. The highest BCUT2D eigenvalue weighted by Crippen LogP contribution is 2.09. The van der Waals surface area contributed by atoms with Crippen LogP contribution in [-0.2, 0) is 14.3 Å². The van der Waals surface area contributed by atoms with E-state index in [1.165, 1.54) is 0 Å². The Balaban J connectivity index is 3.66. The predicted molar refractivity (Wildman–Crippen MR) is 45.3 cm³/mol. The first-order valence-corrected chi connectivity index (χ1v) is 4.10. The number of ether oxygens (including phenoxy) is 2. The first kappa shape index (κ1) is 12.3. The predicted octanol–water partition coefficient (Wildman–Crippen LogP) is 0.0802. The van der Waals surface area contributed by atoms with Crippen LogP contribution in [0.2, 0.25) is 0 Å². The molecule has 0 rings (SSSR count). The van der Waals surface area contributed by atoms with Crippen molar-refractivity contribution < 1.29 is 24.5 Å². The van der Waals surface area contributed by atoms with E-state index in [1.807, 2.05) is 0 Å². The molecular weight excluding hydrogens is 176 g/mol. The van der Waals surface area contributed by atoms with Crippen molar-refractivity contribution in [1.29, 1.82) is 0 Å². The van der Waals surface area contributed by atoms with E-state index in [-0.39, 0.29) is 25.7 Å². The number of carboxylic acid groups (broad SMARTS) is 1. The molecule has 0 fully saturated rings. The number of aliphatic hydroxyl groups is 1. The van der Waals surface area contributed by atoms with Gasteiger partial charge in [0.2, 0.25) is 0 Å². The average molecular weight is 192 g/mol. The van der Waals surface area contributed by atoms with Gasteiger partial charge in [0.1, 0.15) is 6.79 Å². The lowest BCUT2D eigenvalue weighted by molar-refractivity contribution is -0.139. The fraction of sp³-hybridized carbons (Fsp3) is 0.875. The monoisotopic (exact) mass is 192 g/mol. The van der Waals surface area contributed by atoms with Crippen LogP contribution in [0.25, 0.3) is 0 Å². The second-order valence-electron chi connectivity index (χ2n) is 2.75. The average Bonchev–Trinajstić information content (AvgIpc) is 2.09. The summed E-state index contributed by atoms with van der Waals surface area (Å²) in [7, 11) is 1.56. The Labute approximate surface area is 77.3 Å². The quantitative estimate of drug-likeness (QED) is 0.533. The molecule has 0 aromatic heterocycles. The summed E-state index contributed by atoms with van der Waals surface area (Å²) in [6, 6.07) is 0. The second-order valence-corrected chi connectivity index (χ2v) is 2.75. The molecule has 0 heterocycles. The Bertz CT molecular complexity index is 128. The zero-order chi connectivity index (χ0) is 10.1. The van der Waals surface area contributed by atoms with Gasteiger partial charge in [0.15, 0.2) is 0 Å². The van der Waals surface area contributed by atoms with Gasteiger partial charge < -0.3 is 19.7 Å². The molecule has 78 valence electrons. The van der Waals surface area contributed by atoms with Gasteiger partial charge in [-0.2, -0.15) is 0 Å². The molecule has 1 unspecified atom stereocenters. The number of rotatable bonds is 8. The van der Waals surface area contributed by atoms with Crippen LogP contribution in [0.15, 0.2) is 0 Å². The Hall–Kier alpha value is -0.650. The normalized spacial score (nSPS) is 12.8. The van der Waals surface area contributed by atoms with Gasteiger partial charge in [0, 0.05) is 13.7 Å². The largest absolute Gasteiger partial charge is 0.481 e. The molecule has 0 radical (unpaired) electrons. The zero-order valence-corrected chi connectivity index (χ0v) is 7.73. The first-order valence-electron chi connectivity index (χ1n) is 4.10. The molecular formula is C8H16O5. The van der Waals surface area contributed by atoms with E-state index in [0.717, 1.165) is 0 Å². The fourth-order valence-corrected chi connectivity index (χ4v) is 0.995. The number of carboxylic acids is 1. The maximum atomic E-state index is 10.4. The van der Waals surface area contributed by atoms with Gasteiger partial charge in [-0.15, -0.1) is 0 Å². The van der Waals surface area contributed by atoms with Crippen LogP contribution in [0.4, 0.5) is 0 Å². The van der Waals surface area contributed by atoms with Crippen LogP contribution in [0.5, 0.6) is 0 Å². The summed E-state index contributed by atoms with van der Waals surface area (Å²) >= 11 is 0. The highest BCUT2D eigenvalue weighted by Gasteiger charge is 2.12. The summed E-state index contributed by atoms with van der Waals surface area (Å²) in [5, 5.41) is 16.9. The summed E-state index contributed by atoms with van der Waals surface area (Å²) in [5.41, 5.74) is 0. The van der Waals surface area contributed by atoms with Gasteiger partial charge in [0.25, 0.3) is 0 Å². The highest BCUT2D eigenvalue weighted by atomic mass is 16.6. The van der Waals surface area contributed by atoms with Crippen LogP contribution in [-0.4, -0.2) is 43.3 Å². The molecule has 0 saturated heterocycles. The number of aliphatic hydroxyl groups excluding tert-OH is 1. The van der Waals surface area contributed by atoms with Gasteiger partial charge in [-0.1, -0.05) is 0 Å². The van der Waals surface area contributed by atoms with Crippen LogP contribution in [0, 0.1) is 5.92 Å². The highest BCUT2D eigenvalue weighted by molar-refractivity contribution is 5.67. The van der Waals surface area contributed by atoms with Crippen molar-refractivity contribution in [3.63, 3.8) is 0 Å². The summed E-state index contributed by atoms with van der Waals surface area (Å²) in [6.07, 6.45) is 0.673. The van der Waals surface area contributed by atoms with E-state index in [9.17, 15) is 4.79 Å². The van der Waals surface area contributed by atoms with E-state index < -0.39 is 5.97 Å². The molecule has 2 N–H and O–H groups in total. The molecule has 13 heavy (non-hydrogen) atoms. The maximum Gasteiger partial charge on any atom is 0.303 e. The molecule has 0 aliphatic carbocycles. The third-order valence-electron chi connectivity index (χ3n) is 1.64. The number of hydrogen-bond donors (Lipinski definition) is 2. The van der Waals surface area contributed by atoms with Gasteiger partial charge in [-0.05, 0) is 12.3 Å². The van der Waals surface area contributed by atoms with Crippen molar-refractivity contribution in [2.45, 2.75) is 12.8 Å². The third-order valence-corrected chi connectivity index (χ3v) is 1.64. The first-order chi connectivity index (χ1) is 6.20. The van der Waals surface area contributed by atoms with Gasteiger partial charge in [-0.3, -0.25) is 4.79 Å². The second kappa shape index (κ2) is 7.97. The van der Waals surface area contributed by atoms with Crippen molar-refractivity contribution in [2.75, 3.05) is 27.1 Å². The van der Waals surface area contributed by atoms with E-state index in [0.29, 0.717) is 13.0 Å². The standard InChI is InChI=1S/C8H16O5/c1-12-3-2-7(4-8(10)11)5-13-6-9/h7,9H,2-6H2,1H3,(H,10,11). The Morgan fingerprint density at radius 2 is 2.23 bits per heavy atom. The number of aliphatic carboxylic acids is 1. The molecule has 0 spiro atoms. The molecule has 0 saturated carbocycles. The Kier molecular flexibility index (Phi) is 7.57. The van der Waals surface area contributed by atoms with Crippen molar-refractivity contribution in [2.24, 2.45) is 5.92 Å². The van der Waals surface area contributed by atoms with Crippen LogP contribution < -0.4 is 0 Å². The van der Waals surface area contributed by atoms with Crippen molar-refractivity contribution >= 4 is 5.97 Å². The van der Waals surface area contributed by atoms with Crippen molar-refractivity contribution in [1.82, 2.24) is 0 Å². The molecule has 0 aliphatic rings. The van der Waals surface area contributed by atoms with Crippen molar-refractivity contribution in [3.8, 4) is 0 Å². The van der Waals surface area contributed by atoms with Crippen LogP contribution >= 0.6 is 0 Å². The minimum Gasteiger partial charge on any atom is -0.481 e. The summed E-state index contributed by atoms with van der Waals surface area (Å²) in [6.45, 7) is 0.391. The zero-order valence-electron chi connectivity index (χ0n) is 7.73. The topological polar surface area (TPSA) is 76.0 Å². The van der Waals surface area contributed by atoms with Gasteiger partial charge >= 0.3 is 5.97 Å². The number of hydrogen-bond acceptors (Lipinski definition) is 4. The van der Waals surface area contributed by atoms with Gasteiger partial charge in [-0.25, -0.2) is 0 Å². The Morgan fingerprint density at radius 3 is 2.69 bits per heavy atom. The molecule has 0 aliphatic heterocycles. The third kappa shape index (κ3) is 7.70. The molecule has 0 amide bonds. The summed E-state index contributed by atoms with van der Waals surface area (Å²) in [4.78, 5) is 10.4. The van der Waals surface area contributed by atoms with Crippen molar-refractivity contribution in [3.05, 3.63) is 0 Å². The molecule has 0 aromatic carbocycles. The molecule has 1 atom stereocenters. The number of carbonyl (C=O) groups is 1. The minimum atomic E-state index is -0.859. The molecule has 5 nitrogen and oxygen atoms in total.